The van der Waals surface area contributed by atoms with Gasteiger partial charge in [0.2, 0.25) is 0 Å². The van der Waals surface area contributed by atoms with Crippen molar-refractivity contribution < 1.29 is 4.79 Å². The normalized spacial score (nSPS) is 16.3. The first-order chi connectivity index (χ1) is 10.9. The van der Waals surface area contributed by atoms with E-state index in [1.54, 1.807) is 4.90 Å². The maximum atomic E-state index is 12.6. The molecule has 2 rings (SSSR count). The third-order valence-electron chi connectivity index (χ3n) is 4.03. The molecule has 0 saturated carbocycles. The number of hydrogen-bond donors (Lipinski definition) is 2. The van der Waals surface area contributed by atoms with Gasteiger partial charge in [0.15, 0.2) is 5.71 Å². The van der Waals surface area contributed by atoms with Crippen LogP contribution in [0.25, 0.3) is 0 Å². The molecule has 124 valence electrons. The summed E-state index contributed by atoms with van der Waals surface area (Å²) in [5.74, 6) is -0.220. The third kappa shape index (κ3) is 4.49. The first kappa shape index (κ1) is 17.4. The van der Waals surface area contributed by atoms with Crippen LogP contribution in [0.3, 0.4) is 0 Å². The maximum absolute atomic E-state index is 12.6. The second kappa shape index (κ2) is 7.52. The van der Waals surface area contributed by atoms with Gasteiger partial charge in [0.05, 0.1) is 5.69 Å². The number of nitrogens with one attached hydrogen (secondary N) is 1. The number of carbonyl (C=O) groups excluding carboxylic acids is 1. The highest BCUT2D eigenvalue weighted by atomic mass is 32.1. The molecule has 0 unspecified atom stereocenters. The molecular formula is C16H23N5OS. The molecule has 0 spiro atoms. The van der Waals surface area contributed by atoms with Gasteiger partial charge < -0.3 is 15.5 Å². The number of amides is 1. The number of nitrogens with two attached hydrogens (primary N) is 1. The first-order valence-corrected chi connectivity index (χ1v) is 7.98. The summed E-state index contributed by atoms with van der Waals surface area (Å²) in [7, 11) is 2.03. The monoisotopic (exact) mass is 333 g/mol. The molecule has 0 aliphatic carbocycles. The highest BCUT2D eigenvalue weighted by Gasteiger charge is 2.25. The van der Waals surface area contributed by atoms with E-state index in [4.69, 9.17) is 18.0 Å². The van der Waals surface area contributed by atoms with E-state index in [1.165, 1.54) is 5.56 Å². The predicted molar refractivity (Wildman–Crippen MR) is 97.8 cm³/mol. The highest BCUT2D eigenvalue weighted by molar-refractivity contribution is 7.82. The summed E-state index contributed by atoms with van der Waals surface area (Å²) in [6, 6.07) is 5.87. The molecule has 0 radical (unpaired) electrons. The lowest BCUT2D eigenvalue weighted by Crippen LogP contribution is -2.51. The Morgan fingerprint density at radius 3 is 2.43 bits per heavy atom. The molecule has 1 aromatic carbocycles. The minimum atomic E-state index is -0.220. The van der Waals surface area contributed by atoms with Gasteiger partial charge in [-0.05, 0) is 44.2 Å². The fraction of sp³-hybridized carbons (Fsp3) is 0.438. The smallest absolute Gasteiger partial charge is 0.277 e. The molecule has 1 saturated heterocycles. The van der Waals surface area contributed by atoms with E-state index in [9.17, 15) is 4.79 Å². The fourth-order valence-corrected chi connectivity index (χ4v) is 2.43. The molecule has 0 bridgehead atoms. The van der Waals surface area contributed by atoms with Crippen molar-refractivity contribution in [3.05, 3.63) is 29.3 Å². The molecule has 6 nitrogen and oxygen atoms in total. The van der Waals surface area contributed by atoms with E-state index in [2.05, 4.69) is 15.4 Å². The molecular weight excluding hydrogens is 310 g/mol. The van der Waals surface area contributed by atoms with Gasteiger partial charge in [-0.3, -0.25) is 10.2 Å². The number of thiocarbonyl (C=S) groups is 1. The second-order valence-corrected chi connectivity index (χ2v) is 6.27. The van der Waals surface area contributed by atoms with Gasteiger partial charge in [-0.1, -0.05) is 18.3 Å². The summed E-state index contributed by atoms with van der Waals surface area (Å²) in [5.41, 5.74) is 11.8. The molecule has 1 aliphatic rings. The van der Waals surface area contributed by atoms with Crippen LogP contribution < -0.4 is 11.2 Å². The number of likely N-dealkylation sites (N-methyl/N-ethyl adjacent to an activating group) is 1. The van der Waals surface area contributed by atoms with Gasteiger partial charge in [0.25, 0.3) is 5.91 Å². The lowest BCUT2D eigenvalue weighted by Gasteiger charge is -2.32. The number of piperazine rings is 1. The van der Waals surface area contributed by atoms with Crippen LogP contribution in [-0.4, -0.2) is 59.6 Å². The highest BCUT2D eigenvalue weighted by Crippen LogP contribution is 2.14. The number of anilines is 1. The number of nitrogens with zero attached hydrogens (tertiary/aromatic N) is 3. The Hall–Kier alpha value is -1.99. The molecule has 1 amide bonds. The molecule has 0 atom stereocenters. The number of benzene rings is 1. The van der Waals surface area contributed by atoms with Crippen LogP contribution in [0.4, 0.5) is 5.69 Å². The zero-order chi connectivity index (χ0) is 17.0. The Labute approximate surface area is 142 Å². The molecule has 0 aromatic heterocycles. The van der Waals surface area contributed by atoms with Crippen molar-refractivity contribution in [1.82, 2.24) is 9.80 Å². The summed E-state index contributed by atoms with van der Waals surface area (Å²) in [5, 5.41) is 4.15. The van der Waals surface area contributed by atoms with Crippen molar-refractivity contribution in [3.63, 3.8) is 0 Å². The van der Waals surface area contributed by atoms with E-state index in [0.717, 1.165) is 24.3 Å². The maximum Gasteiger partial charge on any atom is 0.277 e. The summed E-state index contributed by atoms with van der Waals surface area (Å²) >= 11 is 5.00. The van der Waals surface area contributed by atoms with Crippen molar-refractivity contribution >= 4 is 34.5 Å². The van der Waals surface area contributed by atoms with Gasteiger partial charge in [-0.25, -0.2) is 0 Å². The van der Waals surface area contributed by atoms with E-state index in [-0.39, 0.29) is 16.6 Å². The largest absolute Gasteiger partial charge is 0.388 e. The number of rotatable bonds is 4. The second-order valence-electron chi connectivity index (χ2n) is 5.83. The van der Waals surface area contributed by atoms with E-state index in [1.807, 2.05) is 39.1 Å². The summed E-state index contributed by atoms with van der Waals surface area (Å²) < 4.78 is 0. The van der Waals surface area contributed by atoms with Crippen LogP contribution in [-0.2, 0) is 4.79 Å². The van der Waals surface area contributed by atoms with Gasteiger partial charge in [-0.15, -0.1) is 0 Å². The molecule has 1 fully saturated rings. The quantitative estimate of drug-likeness (QED) is 0.491. The lowest BCUT2D eigenvalue weighted by atomic mass is 10.1. The number of hydrazone groups is 1. The van der Waals surface area contributed by atoms with Crippen molar-refractivity contribution in [2.24, 2.45) is 10.8 Å². The zero-order valence-corrected chi connectivity index (χ0v) is 14.6. The van der Waals surface area contributed by atoms with Crippen LogP contribution in [0, 0.1) is 13.8 Å². The Morgan fingerprint density at radius 1 is 1.22 bits per heavy atom. The molecule has 1 aliphatic heterocycles. The number of aryl methyl sites for hydroxylation is 2. The van der Waals surface area contributed by atoms with Crippen molar-refractivity contribution in [3.8, 4) is 0 Å². The molecule has 3 N–H and O–H groups in total. The summed E-state index contributed by atoms with van der Waals surface area (Å²) in [4.78, 5) is 16.5. The minimum absolute atomic E-state index is 0.00487. The van der Waals surface area contributed by atoms with Gasteiger partial charge in [0.1, 0.15) is 4.99 Å². The lowest BCUT2D eigenvalue weighted by molar-refractivity contribution is -0.125. The van der Waals surface area contributed by atoms with Crippen molar-refractivity contribution in [2.45, 2.75) is 13.8 Å². The Kier molecular flexibility index (Phi) is 5.68. The van der Waals surface area contributed by atoms with Crippen LogP contribution >= 0.6 is 12.2 Å². The van der Waals surface area contributed by atoms with Crippen LogP contribution in [0.1, 0.15) is 11.1 Å². The van der Waals surface area contributed by atoms with Crippen molar-refractivity contribution in [1.29, 1.82) is 0 Å². The average molecular weight is 333 g/mol. The standard InChI is InChI=1S/C16H23N5OS/c1-11-4-5-13(10-12(11)2)18-19-14(15(17)23)16(22)21-8-6-20(3)7-9-21/h4-5,10,18H,6-9H2,1-3H3,(H2,17,23)/b19-14-. The van der Waals surface area contributed by atoms with E-state index in [0.29, 0.717) is 13.1 Å². The minimum Gasteiger partial charge on any atom is -0.388 e. The van der Waals surface area contributed by atoms with Crippen LogP contribution in [0.15, 0.2) is 23.3 Å². The number of carbonyl (C=O) groups is 1. The third-order valence-corrected chi connectivity index (χ3v) is 4.22. The SMILES string of the molecule is Cc1ccc(N/N=C(\C(=O)N2CCN(C)CC2)C(N)=S)cc1C. The fourth-order valence-electron chi connectivity index (χ4n) is 2.30. The Morgan fingerprint density at radius 2 is 1.87 bits per heavy atom. The Balaban J connectivity index is 2.12. The predicted octanol–water partition coefficient (Wildman–Crippen LogP) is 1.13. The summed E-state index contributed by atoms with van der Waals surface area (Å²) in [6.07, 6.45) is 0. The zero-order valence-electron chi connectivity index (χ0n) is 13.8. The first-order valence-electron chi connectivity index (χ1n) is 7.57. The molecule has 1 aromatic rings. The van der Waals surface area contributed by atoms with Crippen LogP contribution in [0.5, 0.6) is 0 Å². The molecule has 7 heteroatoms. The van der Waals surface area contributed by atoms with E-state index < -0.39 is 0 Å². The van der Waals surface area contributed by atoms with Gasteiger partial charge >= 0.3 is 0 Å². The Bertz CT molecular complexity index is 635. The van der Waals surface area contributed by atoms with Gasteiger partial charge in [0, 0.05) is 26.2 Å². The van der Waals surface area contributed by atoms with E-state index >= 15 is 0 Å². The topological polar surface area (TPSA) is 74.0 Å². The molecule has 23 heavy (non-hydrogen) atoms. The van der Waals surface area contributed by atoms with Crippen molar-refractivity contribution in [2.75, 3.05) is 38.7 Å². The van der Waals surface area contributed by atoms with Crippen LogP contribution in [0.2, 0.25) is 0 Å². The summed E-state index contributed by atoms with van der Waals surface area (Å²) in [6.45, 7) is 7.04. The molecule has 1 heterocycles. The average Bonchev–Trinajstić information content (AvgIpc) is 2.51. The number of hydrogen-bond acceptors (Lipinski definition) is 5. The van der Waals surface area contributed by atoms with Gasteiger partial charge in [-0.2, -0.15) is 5.10 Å².